The molecule has 2 fully saturated rings. The Hall–Kier alpha value is -1.50. The van der Waals surface area contributed by atoms with Crippen molar-refractivity contribution < 1.29 is 14.3 Å². The number of nitrogens with zero attached hydrogens (tertiary/aromatic N) is 2. The van der Waals surface area contributed by atoms with Gasteiger partial charge in [-0.15, -0.1) is 0 Å². The minimum atomic E-state index is -0.0592. The fraction of sp³-hybridized carbons (Fsp3) is 0.846. The van der Waals surface area contributed by atoms with Crippen LogP contribution in [0.25, 0.3) is 0 Å². The number of carbonyl (C=O) groups excluding carboxylic acids is 2. The van der Waals surface area contributed by atoms with Crippen molar-refractivity contribution in [3.63, 3.8) is 0 Å². The molecule has 0 bridgehead atoms. The molecule has 0 aromatic carbocycles. The summed E-state index contributed by atoms with van der Waals surface area (Å²) < 4.78 is 5.47. The van der Waals surface area contributed by atoms with Gasteiger partial charge < -0.3 is 25.2 Å². The molecule has 1 atom stereocenters. The Balaban J connectivity index is 1.67. The first-order valence-corrected chi connectivity index (χ1v) is 7.38. The number of hydrogen-bond acceptors (Lipinski definition) is 3. The molecule has 0 radical (unpaired) electrons. The normalized spacial score (nSPS) is 22.8. The summed E-state index contributed by atoms with van der Waals surface area (Å²) in [6.45, 7) is 6.22. The van der Waals surface area contributed by atoms with Crippen molar-refractivity contribution in [2.75, 3.05) is 45.9 Å². The first-order valence-electron chi connectivity index (χ1n) is 7.38. The van der Waals surface area contributed by atoms with Crippen molar-refractivity contribution in [3.8, 4) is 0 Å². The van der Waals surface area contributed by atoms with Gasteiger partial charge in [-0.1, -0.05) is 0 Å². The molecular weight excluding hydrogens is 260 g/mol. The first-order chi connectivity index (χ1) is 9.70. The summed E-state index contributed by atoms with van der Waals surface area (Å²) in [5.41, 5.74) is 0. The first kappa shape index (κ1) is 14.9. The lowest BCUT2D eigenvalue weighted by Gasteiger charge is -2.34. The lowest BCUT2D eigenvalue weighted by atomic mass is 10.2. The van der Waals surface area contributed by atoms with Gasteiger partial charge in [-0.05, 0) is 19.8 Å². The van der Waals surface area contributed by atoms with Crippen LogP contribution >= 0.6 is 0 Å². The Morgan fingerprint density at radius 3 is 2.20 bits per heavy atom. The fourth-order valence-corrected chi connectivity index (χ4v) is 2.49. The minimum Gasteiger partial charge on any atom is -0.376 e. The van der Waals surface area contributed by atoms with Crippen LogP contribution in [0.5, 0.6) is 0 Å². The van der Waals surface area contributed by atoms with E-state index in [1.165, 1.54) is 0 Å². The summed E-state index contributed by atoms with van der Waals surface area (Å²) in [6, 6.07) is -0.108. The zero-order valence-electron chi connectivity index (χ0n) is 12.1. The zero-order valence-corrected chi connectivity index (χ0v) is 12.1. The van der Waals surface area contributed by atoms with Gasteiger partial charge in [0.25, 0.3) is 0 Å². The van der Waals surface area contributed by atoms with Gasteiger partial charge in [-0.25, -0.2) is 9.59 Å². The van der Waals surface area contributed by atoms with Crippen molar-refractivity contribution in [1.29, 1.82) is 0 Å². The maximum Gasteiger partial charge on any atom is 0.317 e. The number of rotatable bonds is 3. The number of piperazine rings is 1. The molecule has 7 heteroatoms. The van der Waals surface area contributed by atoms with Crippen LogP contribution in [0.3, 0.4) is 0 Å². The second-order valence-electron chi connectivity index (χ2n) is 5.13. The topological polar surface area (TPSA) is 73.9 Å². The third-order valence-corrected chi connectivity index (χ3v) is 3.69. The third-order valence-electron chi connectivity index (χ3n) is 3.69. The molecule has 2 heterocycles. The van der Waals surface area contributed by atoms with Crippen LogP contribution in [0.2, 0.25) is 0 Å². The Morgan fingerprint density at radius 2 is 1.70 bits per heavy atom. The summed E-state index contributed by atoms with van der Waals surface area (Å²) in [6.07, 6.45) is 2.26. The standard InChI is InChI=1S/C13H24N4O3/c1-2-14-12(18)16-5-7-17(8-6-16)13(19)15-10-11-4-3-9-20-11/h11H,2-10H2,1H3,(H,14,18)(H,15,19). The van der Waals surface area contributed by atoms with Gasteiger partial charge in [0.2, 0.25) is 0 Å². The molecule has 4 amide bonds. The van der Waals surface area contributed by atoms with Gasteiger partial charge in [0, 0.05) is 45.9 Å². The summed E-state index contributed by atoms with van der Waals surface area (Å²) >= 11 is 0. The van der Waals surface area contributed by atoms with E-state index in [1.54, 1.807) is 9.80 Å². The van der Waals surface area contributed by atoms with E-state index in [0.29, 0.717) is 39.3 Å². The molecule has 0 aromatic rings. The molecule has 2 N–H and O–H groups in total. The zero-order chi connectivity index (χ0) is 14.4. The molecule has 20 heavy (non-hydrogen) atoms. The van der Waals surface area contributed by atoms with Crippen LogP contribution < -0.4 is 10.6 Å². The second kappa shape index (κ2) is 7.33. The predicted octanol–water partition coefficient (Wildman–Crippen LogP) is 0.222. The van der Waals surface area contributed by atoms with Gasteiger partial charge in [-0.2, -0.15) is 0 Å². The quantitative estimate of drug-likeness (QED) is 0.779. The number of carbonyl (C=O) groups is 2. The van der Waals surface area contributed by atoms with E-state index < -0.39 is 0 Å². The van der Waals surface area contributed by atoms with Crippen LogP contribution in [0.1, 0.15) is 19.8 Å². The van der Waals surface area contributed by atoms with E-state index in [9.17, 15) is 9.59 Å². The molecule has 0 aromatic heterocycles. The average Bonchev–Trinajstić information content (AvgIpc) is 2.98. The van der Waals surface area contributed by atoms with Gasteiger partial charge in [0.15, 0.2) is 0 Å². The molecule has 0 spiro atoms. The Labute approximate surface area is 119 Å². The van der Waals surface area contributed by atoms with Gasteiger partial charge in [-0.3, -0.25) is 0 Å². The molecule has 114 valence electrons. The van der Waals surface area contributed by atoms with E-state index in [4.69, 9.17) is 4.74 Å². The Morgan fingerprint density at radius 1 is 1.10 bits per heavy atom. The van der Waals surface area contributed by atoms with Gasteiger partial charge in [0.1, 0.15) is 0 Å². The number of hydrogen-bond donors (Lipinski definition) is 2. The maximum absolute atomic E-state index is 12.0. The molecular formula is C13H24N4O3. The predicted molar refractivity (Wildman–Crippen MR) is 74.6 cm³/mol. The highest BCUT2D eigenvalue weighted by Gasteiger charge is 2.24. The summed E-state index contributed by atoms with van der Waals surface area (Å²) in [4.78, 5) is 27.1. The molecule has 0 saturated carbocycles. The minimum absolute atomic E-state index is 0.0492. The molecule has 2 saturated heterocycles. The lowest BCUT2D eigenvalue weighted by Crippen LogP contribution is -2.55. The molecule has 2 rings (SSSR count). The number of amides is 4. The van der Waals surface area contributed by atoms with Crippen LogP contribution in [-0.2, 0) is 4.74 Å². The molecule has 1 unspecified atom stereocenters. The van der Waals surface area contributed by atoms with Crippen LogP contribution in [0.4, 0.5) is 9.59 Å². The molecule has 0 aliphatic carbocycles. The smallest absolute Gasteiger partial charge is 0.317 e. The Kier molecular flexibility index (Phi) is 5.46. The molecule has 2 aliphatic rings. The monoisotopic (exact) mass is 284 g/mol. The largest absolute Gasteiger partial charge is 0.376 e. The van der Waals surface area contributed by atoms with Crippen molar-refractivity contribution >= 4 is 12.1 Å². The summed E-state index contributed by atoms with van der Waals surface area (Å²) in [7, 11) is 0. The van der Waals surface area contributed by atoms with Crippen LogP contribution in [-0.4, -0.2) is 73.8 Å². The van der Waals surface area contributed by atoms with Crippen molar-refractivity contribution in [2.45, 2.75) is 25.9 Å². The maximum atomic E-state index is 12.0. The third kappa shape index (κ3) is 4.00. The highest BCUT2D eigenvalue weighted by molar-refractivity contribution is 5.76. The molecule has 7 nitrogen and oxygen atoms in total. The fourth-order valence-electron chi connectivity index (χ4n) is 2.49. The number of ether oxygens (including phenoxy) is 1. The molecule has 2 aliphatic heterocycles. The lowest BCUT2D eigenvalue weighted by molar-refractivity contribution is 0.106. The van der Waals surface area contributed by atoms with Crippen molar-refractivity contribution in [3.05, 3.63) is 0 Å². The second-order valence-corrected chi connectivity index (χ2v) is 5.13. The van der Waals surface area contributed by atoms with E-state index in [-0.39, 0.29) is 18.2 Å². The Bertz CT molecular complexity index is 337. The van der Waals surface area contributed by atoms with Crippen LogP contribution in [0.15, 0.2) is 0 Å². The van der Waals surface area contributed by atoms with E-state index in [0.717, 1.165) is 19.4 Å². The van der Waals surface area contributed by atoms with E-state index in [1.807, 2.05) is 6.92 Å². The van der Waals surface area contributed by atoms with Crippen molar-refractivity contribution in [2.24, 2.45) is 0 Å². The van der Waals surface area contributed by atoms with Gasteiger partial charge >= 0.3 is 12.1 Å². The van der Waals surface area contributed by atoms with Gasteiger partial charge in [0.05, 0.1) is 6.10 Å². The van der Waals surface area contributed by atoms with E-state index in [2.05, 4.69) is 10.6 Å². The number of nitrogens with one attached hydrogen (secondary N) is 2. The van der Waals surface area contributed by atoms with Crippen LogP contribution in [0, 0.1) is 0 Å². The van der Waals surface area contributed by atoms with Crippen molar-refractivity contribution in [1.82, 2.24) is 20.4 Å². The highest BCUT2D eigenvalue weighted by atomic mass is 16.5. The SMILES string of the molecule is CCNC(=O)N1CCN(C(=O)NCC2CCCO2)CC1. The summed E-state index contributed by atoms with van der Waals surface area (Å²) in [5, 5.41) is 5.68. The highest BCUT2D eigenvalue weighted by Crippen LogP contribution is 2.11. The summed E-state index contributed by atoms with van der Waals surface area (Å²) in [5.74, 6) is 0. The average molecular weight is 284 g/mol. The van der Waals surface area contributed by atoms with E-state index >= 15 is 0 Å². The number of urea groups is 2.